The van der Waals surface area contributed by atoms with E-state index in [1.807, 2.05) is 26.1 Å². The van der Waals surface area contributed by atoms with Gasteiger partial charge in [0, 0.05) is 20.1 Å². The van der Waals surface area contributed by atoms with Crippen LogP contribution in [0.15, 0.2) is 18.3 Å². The van der Waals surface area contributed by atoms with Gasteiger partial charge in [-0.2, -0.15) is 0 Å². The van der Waals surface area contributed by atoms with Crippen molar-refractivity contribution >= 4 is 40.3 Å². The molecular formula is C20H26N8O2. The fraction of sp³-hybridized carbons (Fsp3) is 0.350. The third-order valence-electron chi connectivity index (χ3n) is 5.02. The van der Waals surface area contributed by atoms with Crippen LogP contribution in [-0.4, -0.2) is 47.0 Å². The highest BCUT2D eigenvalue weighted by Gasteiger charge is 2.22. The van der Waals surface area contributed by atoms with Gasteiger partial charge in [0.1, 0.15) is 11.5 Å². The monoisotopic (exact) mass is 410 g/mol. The van der Waals surface area contributed by atoms with Gasteiger partial charge in [-0.25, -0.2) is 9.97 Å². The molecule has 0 aliphatic carbocycles. The third kappa shape index (κ3) is 3.45. The summed E-state index contributed by atoms with van der Waals surface area (Å²) in [6, 6.07) is 3.71. The zero-order valence-electron chi connectivity index (χ0n) is 17.5. The Labute approximate surface area is 174 Å². The van der Waals surface area contributed by atoms with Crippen molar-refractivity contribution in [3.05, 3.63) is 35.3 Å². The first kappa shape index (κ1) is 19.8. The molecule has 1 aromatic carbocycles. The van der Waals surface area contributed by atoms with Crippen LogP contribution in [0, 0.1) is 6.92 Å². The lowest BCUT2D eigenvalue weighted by Gasteiger charge is -2.19. The van der Waals surface area contributed by atoms with Gasteiger partial charge in [0.15, 0.2) is 11.5 Å². The fourth-order valence-corrected chi connectivity index (χ4v) is 3.59. The Bertz CT molecular complexity index is 1120. The third-order valence-corrected chi connectivity index (χ3v) is 5.02. The molecule has 10 nitrogen and oxygen atoms in total. The molecule has 158 valence electrons. The van der Waals surface area contributed by atoms with E-state index in [2.05, 4.69) is 31.2 Å². The van der Waals surface area contributed by atoms with Gasteiger partial charge in [-0.1, -0.05) is 0 Å². The van der Waals surface area contributed by atoms with Crippen molar-refractivity contribution in [1.29, 1.82) is 0 Å². The van der Waals surface area contributed by atoms with Crippen molar-refractivity contribution in [3.8, 4) is 0 Å². The minimum absolute atomic E-state index is 0.175. The van der Waals surface area contributed by atoms with E-state index in [9.17, 15) is 4.79 Å². The average molecular weight is 410 g/mol. The Morgan fingerprint density at radius 3 is 2.80 bits per heavy atom. The molecule has 0 spiro atoms. The fourth-order valence-electron chi connectivity index (χ4n) is 3.59. The molecule has 0 fully saturated rings. The smallest absolute Gasteiger partial charge is 0.270 e. The van der Waals surface area contributed by atoms with Crippen LogP contribution >= 0.6 is 0 Å². The summed E-state index contributed by atoms with van der Waals surface area (Å²) < 4.78 is 7.57. The van der Waals surface area contributed by atoms with Crippen molar-refractivity contribution in [2.45, 2.75) is 26.5 Å². The topological polar surface area (TPSA) is 131 Å². The van der Waals surface area contributed by atoms with E-state index in [4.69, 9.17) is 10.5 Å². The molecule has 4 rings (SSSR count). The summed E-state index contributed by atoms with van der Waals surface area (Å²) >= 11 is 0. The van der Waals surface area contributed by atoms with Crippen LogP contribution in [0.1, 0.15) is 28.7 Å². The number of benzene rings is 1. The van der Waals surface area contributed by atoms with E-state index in [1.54, 1.807) is 24.6 Å². The van der Waals surface area contributed by atoms with Gasteiger partial charge in [-0.05, 0) is 31.5 Å². The van der Waals surface area contributed by atoms with E-state index in [-0.39, 0.29) is 11.9 Å². The zero-order chi connectivity index (χ0) is 21.4. The van der Waals surface area contributed by atoms with E-state index >= 15 is 0 Å². The van der Waals surface area contributed by atoms with Crippen LogP contribution in [0.2, 0.25) is 0 Å². The maximum absolute atomic E-state index is 13.0. The summed E-state index contributed by atoms with van der Waals surface area (Å²) in [4.78, 5) is 22.1. The summed E-state index contributed by atoms with van der Waals surface area (Å²) in [5.74, 6) is 0.854. The molecule has 0 saturated heterocycles. The number of aromatic nitrogens is 3. The Kier molecular flexibility index (Phi) is 5.08. The van der Waals surface area contributed by atoms with Gasteiger partial charge < -0.3 is 31.7 Å². The number of hydrogen-bond donors (Lipinski definition) is 5. The minimum atomic E-state index is -0.220. The number of hydrogen-bond acceptors (Lipinski definition) is 8. The molecule has 1 unspecified atom stereocenters. The first-order valence-electron chi connectivity index (χ1n) is 9.74. The van der Waals surface area contributed by atoms with Gasteiger partial charge in [-0.3, -0.25) is 9.20 Å². The Morgan fingerprint density at radius 2 is 2.07 bits per heavy atom. The number of anilines is 5. The maximum Gasteiger partial charge on any atom is 0.270 e. The van der Waals surface area contributed by atoms with Gasteiger partial charge in [-0.15, -0.1) is 0 Å². The standard InChI is InChI=1S/C20H26N8O2/c1-10-8-30-9-12-5-13(22-3)16(21)14(6-12)26-15-7-28-17(20(29)24-10)11(2)25-19(28)18(23-4)27-15/h5-7,10,22,26H,8-9,21H2,1-4H3,(H,23,27)(H,24,29). The molecule has 6 N–H and O–H groups in total. The molecule has 2 aromatic heterocycles. The van der Waals surface area contributed by atoms with Crippen LogP contribution in [0.25, 0.3) is 5.65 Å². The highest BCUT2D eigenvalue weighted by atomic mass is 16.5. The van der Waals surface area contributed by atoms with Crippen LogP contribution in [-0.2, 0) is 11.3 Å². The molecule has 0 saturated carbocycles. The first-order valence-corrected chi connectivity index (χ1v) is 9.74. The second-order valence-electron chi connectivity index (χ2n) is 7.33. The summed E-state index contributed by atoms with van der Waals surface area (Å²) in [5.41, 5.74) is 11.0. The number of nitrogen functional groups attached to an aromatic ring is 1. The lowest BCUT2D eigenvalue weighted by Crippen LogP contribution is -2.36. The number of ether oxygens (including phenoxy) is 1. The highest BCUT2D eigenvalue weighted by Crippen LogP contribution is 2.32. The van der Waals surface area contributed by atoms with E-state index in [0.29, 0.717) is 53.3 Å². The minimum Gasteiger partial charge on any atom is -0.395 e. The van der Waals surface area contributed by atoms with E-state index in [1.165, 1.54) is 0 Å². The SMILES string of the molecule is CNc1cc2cc(c1N)Nc1cn3c(c(C)nc3c(NC)n1)C(=O)NC(C)COC2. The summed E-state index contributed by atoms with van der Waals surface area (Å²) in [7, 11) is 3.59. The largest absolute Gasteiger partial charge is 0.395 e. The molecule has 3 heterocycles. The molecule has 10 heteroatoms. The van der Waals surface area contributed by atoms with Crippen LogP contribution in [0.5, 0.6) is 0 Å². The molecule has 1 aliphatic heterocycles. The Hall–Kier alpha value is -3.53. The second kappa shape index (κ2) is 7.71. The van der Waals surface area contributed by atoms with Crippen LogP contribution in [0.4, 0.5) is 28.7 Å². The number of aryl methyl sites for hydroxylation is 1. The summed E-state index contributed by atoms with van der Waals surface area (Å²) in [6.07, 6.45) is 1.75. The molecular weight excluding hydrogens is 384 g/mol. The maximum atomic E-state index is 13.0. The molecule has 30 heavy (non-hydrogen) atoms. The molecule has 4 bridgehead atoms. The number of amides is 1. The lowest BCUT2D eigenvalue weighted by atomic mass is 10.1. The Morgan fingerprint density at radius 1 is 1.27 bits per heavy atom. The summed E-state index contributed by atoms with van der Waals surface area (Å²) in [6.45, 7) is 4.47. The average Bonchev–Trinajstić information content (AvgIpc) is 3.04. The number of nitrogens with two attached hydrogens (primary N) is 1. The van der Waals surface area contributed by atoms with Crippen LogP contribution in [0.3, 0.4) is 0 Å². The quantitative estimate of drug-likeness (QED) is 0.406. The highest BCUT2D eigenvalue weighted by molar-refractivity contribution is 5.95. The van der Waals surface area contributed by atoms with Gasteiger partial charge >= 0.3 is 0 Å². The van der Waals surface area contributed by atoms with Crippen molar-refractivity contribution in [2.75, 3.05) is 42.4 Å². The number of fused-ring (bicyclic) bond motifs is 3. The molecule has 1 amide bonds. The van der Waals surface area contributed by atoms with Crippen molar-refractivity contribution in [2.24, 2.45) is 0 Å². The van der Waals surface area contributed by atoms with Gasteiger partial charge in [0.2, 0.25) is 0 Å². The zero-order valence-corrected chi connectivity index (χ0v) is 17.5. The van der Waals surface area contributed by atoms with Crippen molar-refractivity contribution in [3.63, 3.8) is 0 Å². The summed E-state index contributed by atoms with van der Waals surface area (Å²) in [5, 5.41) is 12.4. The predicted molar refractivity (Wildman–Crippen MR) is 118 cm³/mol. The van der Waals surface area contributed by atoms with Crippen molar-refractivity contribution in [1.82, 2.24) is 19.7 Å². The molecule has 0 radical (unpaired) electrons. The van der Waals surface area contributed by atoms with Gasteiger partial charge in [0.05, 0.1) is 42.2 Å². The van der Waals surface area contributed by atoms with E-state index in [0.717, 1.165) is 11.3 Å². The predicted octanol–water partition coefficient (Wildman–Crippen LogP) is 2.10. The Balaban J connectivity index is 1.93. The lowest BCUT2D eigenvalue weighted by molar-refractivity contribution is 0.0815. The van der Waals surface area contributed by atoms with Gasteiger partial charge in [0.25, 0.3) is 5.91 Å². The number of nitrogens with one attached hydrogen (secondary N) is 4. The first-order chi connectivity index (χ1) is 14.4. The number of carbonyl (C=O) groups is 1. The normalized spacial score (nSPS) is 16.7. The van der Waals surface area contributed by atoms with E-state index < -0.39 is 0 Å². The molecule has 3 aromatic rings. The number of carbonyl (C=O) groups excluding carboxylic acids is 1. The number of nitrogens with zero attached hydrogens (tertiary/aromatic N) is 3. The molecule has 1 aliphatic rings. The molecule has 1 atom stereocenters. The van der Waals surface area contributed by atoms with Crippen LogP contribution < -0.4 is 27.0 Å². The second-order valence-corrected chi connectivity index (χ2v) is 7.33. The number of rotatable bonds is 2. The number of imidazole rings is 1. The van der Waals surface area contributed by atoms with Crippen molar-refractivity contribution < 1.29 is 9.53 Å².